The quantitative estimate of drug-likeness (QED) is 0.909. The third kappa shape index (κ3) is 2.62. The maximum Gasteiger partial charge on any atom is 0.268 e. The van der Waals surface area contributed by atoms with Crippen LogP contribution in [0.4, 0.5) is 0 Å². The molecule has 6 nitrogen and oxygen atoms in total. The lowest BCUT2D eigenvalue weighted by atomic mass is 10.0. The molecule has 0 saturated carbocycles. The third-order valence-corrected chi connectivity index (χ3v) is 4.24. The molecule has 1 aromatic heterocycles. The second-order valence-electron chi connectivity index (χ2n) is 4.50. The van der Waals surface area contributed by atoms with E-state index >= 15 is 0 Å². The Kier molecular flexibility index (Phi) is 3.85. The van der Waals surface area contributed by atoms with Crippen LogP contribution < -0.4 is 5.32 Å². The number of benzene rings is 1. The third-order valence-electron chi connectivity index (χ3n) is 3.24. The predicted molar refractivity (Wildman–Crippen MR) is 78.1 cm³/mol. The Morgan fingerprint density at radius 2 is 2.24 bits per heavy atom. The standard InChI is InChI=1S/C13H11ClN4O2S/c14-9-4-2-1-3-8(9)11-12(19)15-5-6-18(11)13(20)10-7-16-17-21-10/h1-4,7,11H,5-6H2,(H,15,19)/t11-/m1/s1. The number of amides is 2. The summed E-state index contributed by atoms with van der Waals surface area (Å²) in [5.41, 5.74) is 0.613. The summed E-state index contributed by atoms with van der Waals surface area (Å²) in [4.78, 5) is 26.7. The van der Waals surface area contributed by atoms with E-state index in [1.165, 1.54) is 11.1 Å². The molecule has 1 aromatic carbocycles. The monoisotopic (exact) mass is 322 g/mol. The minimum absolute atomic E-state index is 0.236. The molecule has 2 amide bonds. The normalized spacial score (nSPS) is 18.4. The molecule has 0 bridgehead atoms. The van der Waals surface area contributed by atoms with Crippen LogP contribution >= 0.6 is 23.1 Å². The molecule has 3 rings (SSSR count). The summed E-state index contributed by atoms with van der Waals surface area (Å²) < 4.78 is 3.69. The Bertz CT molecular complexity index is 677. The van der Waals surface area contributed by atoms with Gasteiger partial charge in [-0.15, -0.1) is 5.10 Å². The van der Waals surface area contributed by atoms with Crippen LogP contribution in [0, 0.1) is 0 Å². The van der Waals surface area contributed by atoms with Gasteiger partial charge < -0.3 is 10.2 Å². The van der Waals surface area contributed by atoms with Gasteiger partial charge >= 0.3 is 0 Å². The number of hydrogen-bond acceptors (Lipinski definition) is 5. The molecule has 1 N–H and O–H groups in total. The summed E-state index contributed by atoms with van der Waals surface area (Å²) in [5, 5.41) is 6.89. The Morgan fingerprint density at radius 3 is 2.95 bits per heavy atom. The van der Waals surface area contributed by atoms with Crippen molar-refractivity contribution >= 4 is 34.9 Å². The van der Waals surface area contributed by atoms with Gasteiger partial charge in [-0.25, -0.2) is 0 Å². The first-order chi connectivity index (χ1) is 10.2. The summed E-state index contributed by atoms with van der Waals surface area (Å²) in [5.74, 6) is -0.495. The van der Waals surface area contributed by atoms with Crippen LogP contribution in [0.3, 0.4) is 0 Å². The van der Waals surface area contributed by atoms with Gasteiger partial charge in [-0.3, -0.25) is 9.59 Å². The highest BCUT2D eigenvalue weighted by atomic mass is 35.5. The fraction of sp³-hybridized carbons (Fsp3) is 0.231. The molecule has 108 valence electrons. The van der Waals surface area contributed by atoms with Gasteiger partial charge in [0.05, 0.1) is 6.20 Å². The summed E-state index contributed by atoms with van der Waals surface area (Å²) in [6.07, 6.45) is 1.41. The maximum absolute atomic E-state index is 12.5. The Labute approximate surface area is 129 Å². The van der Waals surface area contributed by atoms with Gasteiger partial charge in [0.15, 0.2) is 0 Å². The van der Waals surface area contributed by atoms with Crippen molar-refractivity contribution in [2.75, 3.05) is 13.1 Å². The van der Waals surface area contributed by atoms with E-state index in [0.29, 0.717) is 28.6 Å². The van der Waals surface area contributed by atoms with Crippen molar-refractivity contribution in [1.82, 2.24) is 19.8 Å². The van der Waals surface area contributed by atoms with E-state index in [-0.39, 0.29) is 11.8 Å². The van der Waals surface area contributed by atoms with Crippen LogP contribution in [0.5, 0.6) is 0 Å². The van der Waals surface area contributed by atoms with Gasteiger partial charge in [-0.1, -0.05) is 34.3 Å². The molecule has 0 spiro atoms. The summed E-state index contributed by atoms with van der Waals surface area (Å²) in [7, 11) is 0. The van der Waals surface area contributed by atoms with E-state index in [9.17, 15) is 9.59 Å². The number of halogens is 1. The number of rotatable bonds is 2. The second-order valence-corrected chi connectivity index (χ2v) is 5.69. The fourth-order valence-electron chi connectivity index (χ4n) is 2.29. The van der Waals surface area contributed by atoms with E-state index in [4.69, 9.17) is 11.6 Å². The Balaban J connectivity index is 1.99. The zero-order chi connectivity index (χ0) is 14.8. The highest BCUT2D eigenvalue weighted by Crippen LogP contribution is 2.30. The predicted octanol–water partition coefficient (Wildman–Crippen LogP) is 1.50. The lowest BCUT2D eigenvalue weighted by Crippen LogP contribution is -2.52. The molecule has 1 atom stereocenters. The first-order valence-electron chi connectivity index (χ1n) is 6.29. The minimum Gasteiger partial charge on any atom is -0.352 e. The molecule has 2 heterocycles. The smallest absolute Gasteiger partial charge is 0.268 e. The second kappa shape index (κ2) is 5.79. The van der Waals surface area contributed by atoms with Crippen molar-refractivity contribution in [2.24, 2.45) is 0 Å². The van der Waals surface area contributed by atoms with Crippen LogP contribution in [-0.2, 0) is 4.79 Å². The van der Waals surface area contributed by atoms with Gasteiger partial charge in [0.25, 0.3) is 5.91 Å². The minimum atomic E-state index is -0.734. The zero-order valence-electron chi connectivity index (χ0n) is 10.8. The van der Waals surface area contributed by atoms with Crippen molar-refractivity contribution in [3.05, 3.63) is 45.9 Å². The molecule has 1 fully saturated rings. The maximum atomic E-state index is 12.5. The van der Waals surface area contributed by atoms with E-state index in [1.807, 2.05) is 0 Å². The average molecular weight is 323 g/mol. The van der Waals surface area contributed by atoms with Crippen molar-refractivity contribution in [3.8, 4) is 0 Å². The van der Waals surface area contributed by atoms with Gasteiger partial charge in [0.1, 0.15) is 10.9 Å². The zero-order valence-corrected chi connectivity index (χ0v) is 12.4. The van der Waals surface area contributed by atoms with Crippen LogP contribution in [-0.4, -0.2) is 39.4 Å². The highest BCUT2D eigenvalue weighted by Gasteiger charge is 2.36. The van der Waals surface area contributed by atoms with E-state index in [1.54, 1.807) is 24.3 Å². The fourth-order valence-corrected chi connectivity index (χ4v) is 3.01. The highest BCUT2D eigenvalue weighted by molar-refractivity contribution is 7.07. The van der Waals surface area contributed by atoms with Gasteiger partial charge in [-0.05, 0) is 17.6 Å². The molecule has 21 heavy (non-hydrogen) atoms. The molecule has 1 aliphatic rings. The van der Waals surface area contributed by atoms with Gasteiger partial charge in [0.2, 0.25) is 5.91 Å². The molecular weight excluding hydrogens is 312 g/mol. The Hall–Kier alpha value is -1.99. The lowest BCUT2D eigenvalue weighted by molar-refractivity contribution is -0.128. The molecule has 0 aliphatic carbocycles. The van der Waals surface area contributed by atoms with Crippen LogP contribution in [0.1, 0.15) is 21.3 Å². The van der Waals surface area contributed by atoms with Crippen LogP contribution in [0.15, 0.2) is 30.5 Å². The number of piperazine rings is 1. The molecule has 0 radical (unpaired) electrons. The summed E-state index contributed by atoms with van der Waals surface area (Å²) in [6, 6.07) is 6.30. The van der Waals surface area contributed by atoms with E-state index in [2.05, 4.69) is 14.9 Å². The number of carbonyl (C=O) groups is 2. The van der Waals surface area contributed by atoms with Crippen LogP contribution in [0.25, 0.3) is 0 Å². The topological polar surface area (TPSA) is 75.2 Å². The van der Waals surface area contributed by atoms with E-state index < -0.39 is 6.04 Å². The molecular formula is C13H11ClN4O2S. The van der Waals surface area contributed by atoms with Crippen molar-refractivity contribution in [2.45, 2.75) is 6.04 Å². The lowest BCUT2D eigenvalue weighted by Gasteiger charge is -2.35. The first kappa shape index (κ1) is 14.0. The number of carbonyl (C=O) groups excluding carboxylic acids is 2. The van der Waals surface area contributed by atoms with Crippen molar-refractivity contribution < 1.29 is 9.59 Å². The average Bonchev–Trinajstić information content (AvgIpc) is 3.01. The van der Waals surface area contributed by atoms with Gasteiger partial charge in [-0.2, -0.15) is 0 Å². The van der Waals surface area contributed by atoms with Gasteiger partial charge in [0, 0.05) is 23.7 Å². The van der Waals surface area contributed by atoms with Crippen molar-refractivity contribution in [1.29, 1.82) is 0 Å². The molecule has 0 unspecified atom stereocenters. The first-order valence-corrected chi connectivity index (χ1v) is 7.44. The number of nitrogens with one attached hydrogen (secondary N) is 1. The van der Waals surface area contributed by atoms with Crippen LogP contribution in [0.2, 0.25) is 5.02 Å². The SMILES string of the molecule is O=C1NCCN(C(=O)c2cnns2)[C@@H]1c1ccccc1Cl. The summed E-state index contributed by atoms with van der Waals surface area (Å²) in [6.45, 7) is 0.829. The molecule has 1 saturated heterocycles. The molecule has 2 aromatic rings. The summed E-state index contributed by atoms with van der Waals surface area (Å²) >= 11 is 7.19. The molecule has 8 heteroatoms. The number of hydrogen-bond donors (Lipinski definition) is 1. The number of nitrogens with zero attached hydrogens (tertiary/aromatic N) is 3. The Morgan fingerprint density at radius 1 is 1.43 bits per heavy atom. The number of aromatic nitrogens is 2. The van der Waals surface area contributed by atoms with Crippen molar-refractivity contribution in [3.63, 3.8) is 0 Å². The largest absolute Gasteiger partial charge is 0.352 e. The van der Waals surface area contributed by atoms with E-state index in [0.717, 1.165) is 11.5 Å². The molecule has 1 aliphatic heterocycles.